The van der Waals surface area contributed by atoms with Gasteiger partial charge in [-0.15, -0.1) is 0 Å². The van der Waals surface area contributed by atoms with Crippen LogP contribution < -0.4 is 0 Å². The molecule has 0 saturated heterocycles. The molecule has 0 amide bonds. The number of unbranched alkanes of at least 4 members (excludes halogenated alkanes) is 14. The van der Waals surface area contributed by atoms with E-state index < -0.39 is 5.97 Å². The van der Waals surface area contributed by atoms with Crippen molar-refractivity contribution in [1.82, 2.24) is 0 Å². The Morgan fingerprint density at radius 1 is 0.696 bits per heavy atom. The minimum atomic E-state index is -0.510. The number of carbonyl (C=O) groups excluding carboxylic acids is 1. The van der Waals surface area contributed by atoms with E-state index in [1.165, 1.54) is 83.5 Å². The summed E-state index contributed by atoms with van der Waals surface area (Å²) >= 11 is 0. The first kappa shape index (κ1) is 28.5. The van der Waals surface area contributed by atoms with E-state index in [0.717, 1.165) is 12.8 Å². The Morgan fingerprint density at radius 2 is 1.00 bits per heavy atom. The van der Waals surface area contributed by atoms with E-state index in [2.05, 4.69) is 11.8 Å². The zero-order chi connectivity index (χ0) is 15.6. The zero-order valence-corrected chi connectivity index (χ0v) is 17.9. The van der Waals surface area contributed by atoms with E-state index in [9.17, 15) is 4.79 Å². The van der Waals surface area contributed by atoms with Crippen LogP contribution in [0.2, 0.25) is 0 Å². The predicted molar refractivity (Wildman–Crippen MR) is 99.8 cm³/mol. The van der Waals surface area contributed by atoms with E-state index in [0.29, 0.717) is 6.42 Å². The Kier molecular flexibility index (Phi) is 31.0. The Bertz CT molecular complexity index is 228. The van der Waals surface area contributed by atoms with Crippen molar-refractivity contribution >= 4 is 46.4 Å². The molecule has 1 N–H and O–H groups in total. The van der Waals surface area contributed by atoms with Gasteiger partial charge < -0.3 is 4.89 Å². The van der Waals surface area contributed by atoms with Gasteiger partial charge in [-0.1, -0.05) is 96.8 Å². The molecule has 23 heavy (non-hydrogen) atoms. The average molecular weight is 352 g/mol. The van der Waals surface area contributed by atoms with Gasteiger partial charge in [0.1, 0.15) is 0 Å². The second-order valence-corrected chi connectivity index (χ2v) is 6.16. The standard InChI is InChI=1S/C18H36O3.Al.Mg/c1-2-3-4-5-6-7-8-9-10-11-12-13-14-15-16-17-18(19)21-20;;/h20H,2-17H2,1H3;;/q;+3;+2. The molecule has 0 bridgehead atoms. The fourth-order valence-corrected chi connectivity index (χ4v) is 2.69. The summed E-state index contributed by atoms with van der Waals surface area (Å²) in [6.07, 6.45) is 20.0. The largest absolute Gasteiger partial charge is 3.00 e. The Morgan fingerprint density at radius 3 is 1.30 bits per heavy atom. The van der Waals surface area contributed by atoms with E-state index >= 15 is 0 Å². The summed E-state index contributed by atoms with van der Waals surface area (Å²) in [6.45, 7) is 2.27. The van der Waals surface area contributed by atoms with Crippen LogP contribution in [-0.2, 0) is 9.68 Å². The smallest absolute Gasteiger partial charge is 0.301 e. The summed E-state index contributed by atoms with van der Waals surface area (Å²) < 4.78 is 0. The summed E-state index contributed by atoms with van der Waals surface area (Å²) in [6, 6.07) is 0. The number of carbonyl (C=O) groups is 1. The van der Waals surface area contributed by atoms with Crippen molar-refractivity contribution in [3.63, 3.8) is 0 Å². The van der Waals surface area contributed by atoms with Gasteiger partial charge >= 0.3 is 46.4 Å². The first-order valence-corrected chi connectivity index (χ1v) is 9.15. The molecule has 0 rings (SSSR count). The molecule has 0 aromatic heterocycles. The van der Waals surface area contributed by atoms with Crippen molar-refractivity contribution in [3.8, 4) is 0 Å². The second kappa shape index (κ2) is 25.0. The summed E-state index contributed by atoms with van der Waals surface area (Å²) in [4.78, 5) is 14.3. The van der Waals surface area contributed by atoms with Crippen molar-refractivity contribution in [1.29, 1.82) is 0 Å². The van der Waals surface area contributed by atoms with Crippen LogP contribution in [0.15, 0.2) is 0 Å². The molecule has 3 nitrogen and oxygen atoms in total. The maximum atomic E-state index is 10.7. The number of hydrogen-bond donors (Lipinski definition) is 1. The third kappa shape index (κ3) is 25.1. The van der Waals surface area contributed by atoms with Crippen LogP contribution in [0.3, 0.4) is 0 Å². The van der Waals surface area contributed by atoms with Gasteiger partial charge in [0.25, 0.3) is 0 Å². The van der Waals surface area contributed by atoms with Gasteiger partial charge in [0.2, 0.25) is 0 Å². The van der Waals surface area contributed by atoms with Gasteiger partial charge in [0.05, 0.1) is 0 Å². The van der Waals surface area contributed by atoms with Crippen molar-refractivity contribution in [2.24, 2.45) is 0 Å². The zero-order valence-electron chi connectivity index (χ0n) is 15.4. The summed E-state index contributed by atoms with van der Waals surface area (Å²) in [5.74, 6) is -0.510. The molecular weight excluding hydrogens is 315 g/mol. The first-order valence-electron chi connectivity index (χ1n) is 9.15. The minimum absolute atomic E-state index is 0. The van der Waals surface area contributed by atoms with Crippen LogP contribution in [0.4, 0.5) is 0 Å². The Hall–Kier alpha value is 0.729. The van der Waals surface area contributed by atoms with Gasteiger partial charge in [-0.2, -0.15) is 5.26 Å². The molecule has 0 heterocycles. The van der Waals surface area contributed by atoms with Crippen LogP contribution in [0, 0.1) is 0 Å². The summed E-state index contributed by atoms with van der Waals surface area (Å²) in [7, 11) is 0. The normalized spacial score (nSPS) is 9.83. The van der Waals surface area contributed by atoms with E-state index in [-0.39, 0.29) is 40.4 Å². The van der Waals surface area contributed by atoms with E-state index in [4.69, 9.17) is 5.26 Å². The maximum absolute atomic E-state index is 10.7. The molecule has 5 heteroatoms. The van der Waals surface area contributed by atoms with Crippen LogP contribution >= 0.6 is 0 Å². The van der Waals surface area contributed by atoms with Gasteiger partial charge in [-0.25, -0.2) is 4.79 Å². The van der Waals surface area contributed by atoms with Crippen LogP contribution in [0.1, 0.15) is 110 Å². The molecule has 0 aliphatic rings. The molecule has 0 aliphatic heterocycles. The second-order valence-electron chi connectivity index (χ2n) is 6.16. The van der Waals surface area contributed by atoms with Crippen molar-refractivity contribution in [2.45, 2.75) is 110 Å². The molecular formula is C18H36AlMgO3+5. The number of hydrogen-bond acceptors (Lipinski definition) is 3. The van der Waals surface area contributed by atoms with E-state index in [1.807, 2.05) is 0 Å². The Labute approximate surface area is 170 Å². The molecule has 0 aromatic carbocycles. The maximum Gasteiger partial charge on any atom is 3.00 e. The molecule has 0 radical (unpaired) electrons. The average Bonchev–Trinajstić information content (AvgIpc) is 2.50. The summed E-state index contributed by atoms with van der Waals surface area (Å²) in [5.41, 5.74) is 0. The molecule has 0 spiro atoms. The topological polar surface area (TPSA) is 46.5 Å². The first-order chi connectivity index (χ1) is 10.3. The van der Waals surface area contributed by atoms with Crippen molar-refractivity contribution in [2.75, 3.05) is 0 Å². The van der Waals surface area contributed by atoms with Crippen molar-refractivity contribution < 1.29 is 14.9 Å². The quantitative estimate of drug-likeness (QED) is 0.173. The monoisotopic (exact) mass is 351 g/mol. The SMILES string of the molecule is CCCCCCCCCCCCCCCCCC(=O)OO.[Al+3].[Mg+2]. The molecule has 0 aliphatic carbocycles. The molecule has 0 aromatic rings. The molecule has 0 unspecified atom stereocenters. The van der Waals surface area contributed by atoms with Crippen LogP contribution in [0.5, 0.6) is 0 Å². The van der Waals surface area contributed by atoms with Crippen molar-refractivity contribution in [3.05, 3.63) is 0 Å². The van der Waals surface area contributed by atoms with Gasteiger partial charge in [-0.3, -0.25) is 0 Å². The Balaban J connectivity index is -0.00000200. The third-order valence-electron chi connectivity index (χ3n) is 4.09. The van der Waals surface area contributed by atoms with E-state index in [1.54, 1.807) is 0 Å². The van der Waals surface area contributed by atoms with Crippen LogP contribution in [0.25, 0.3) is 0 Å². The molecule has 0 fully saturated rings. The van der Waals surface area contributed by atoms with Gasteiger partial charge in [0, 0.05) is 6.42 Å². The molecule has 0 atom stereocenters. The van der Waals surface area contributed by atoms with Gasteiger partial charge in [-0.05, 0) is 6.42 Å². The molecule has 0 saturated carbocycles. The predicted octanol–water partition coefficient (Wildman–Crippen LogP) is 5.50. The minimum Gasteiger partial charge on any atom is -0.301 e. The fraction of sp³-hybridized carbons (Fsp3) is 0.944. The van der Waals surface area contributed by atoms with Gasteiger partial charge in [0.15, 0.2) is 0 Å². The molecule has 126 valence electrons. The number of rotatable bonds is 16. The fourth-order valence-electron chi connectivity index (χ4n) is 2.69. The summed E-state index contributed by atoms with van der Waals surface area (Å²) in [5, 5.41) is 8.10. The van der Waals surface area contributed by atoms with Crippen LogP contribution in [-0.4, -0.2) is 51.6 Å². The third-order valence-corrected chi connectivity index (χ3v) is 4.09.